The Hall–Kier alpha value is -3.02. The number of amides is 1. The van der Waals surface area contributed by atoms with Gasteiger partial charge in [0.2, 0.25) is 0 Å². The average Bonchev–Trinajstić information content (AvgIpc) is 3.79. The van der Waals surface area contributed by atoms with Gasteiger partial charge in [0.1, 0.15) is 4.21 Å². The first-order valence-electron chi connectivity index (χ1n) is 16.4. The maximum atomic E-state index is 13.8. The zero-order valence-electron chi connectivity index (χ0n) is 27.0. The number of aliphatic hydroxyl groups is 1. The molecule has 3 atom stereocenters. The maximum absolute atomic E-state index is 13.8. The van der Waals surface area contributed by atoms with E-state index in [1.54, 1.807) is 11.4 Å². The fourth-order valence-electron chi connectivity index (χ4n) is 7.43. The number of rotatable bonds is 8. The number of carbonyl (C=O) groups excluding carboxylic acids is 1. The van der Waals surface area contributed by atoms with Crippen molar-refractivity contribution >= 4 is 27.3 Å². The molecule has 1 aromatic heterocycles. The Bertz CT molecular complexity index is 1730. The van der Waals surface area contributed by atoms with Gasteiger partial charge < -0.3 is 10.0 Å². The molecule has 3 aromatic rings. The van der Waals surface area contributed by atoms with E-state index in [-0.39, 0.29) is 35.5 Å². The van der Waals surface area contributed by atoms with Crippen molar-refractivity contribution in [1.29, 1.82) is 0 Å². The molecule has 4 heterocycles. The van der Waals surface area contributed by atoms with Gasteiger partial charge in [-0.05, 0) is 60.9 Å². The summed E-state index contributed by atoms with van der Waals surface area (Å²) >= 11 is 1.10. The Kier molecular flexibility index (Phi) is 10.7. The number of likely N-dealkylation sites (tertiary alicyclic amines) is 1. The monoisotopic (exact) mass is 744 g/mol. The number of alkyl halides is 6. The molecular weight excluding hydrogens is 707 g/mol. The summed E-state index contributed by atoms with van der Waals surface area (Å²) in [5, 5.41) is 11.2. The van der Waals surface area contributed by atoms with Gasteiger partial charge in [-0.1, -0.05) is 30.3 Å². The van der Waals surface area contributed by atoms with Crippen LogP contribution in [0.3, 0.4) is 0 Å². The van der Waals surface area contributed by atoms with Crippen molar-refractivity contribution in [3.05, 3.63) is 87.8 Å². The van der Waals surface area contributed by atoms with Gasteiger partial charge in [0.25, 0.3) is 15.9 Å². The Balaban J connectivity index is 1.13. The van der Waals surface area contributed by atoms with Crippen molar-refractivity contribution in [2.24, 2.45) is 0 Å². The summed E-state index contributed by atoms with van der Waals surface area (Å²) < 4.78 is 110. The molecule has 0 bridgehead atoms. The fourth-order valence-corrected chi connectivity index (χ4v) is 10.5. The molecular formula is C34H38F6N4O4S2. The standard InChI is InChI=1S/C34H38F6N4O4S2/c35-33(36,37)26-17-25(18-27(19-26)34(38,39)40)31(46)44-10-7-28(20-30(44)16-23-4-2-1-3-5-23)41-11-13-42(14-12-41)29-6-9-43(21-29)50(47,48)32-24(22-45)8-15-49-32/h1-5,8,15,17-19,28-30,45H,6-7,9-14,16,20-22H2/t28-,29?,30+/m0/s1. The minimum absolute atomic E-state index is 0.0307. The number of hydrogen-bond acceptors (Lipinski definition) is 7. The molecule has 16 heteroatoms. The summed E-state index contributed by atoms with van der Waals surface area (Å²) in [6.45, 7) is 3.37. The van der Waals surface area contributed by atoms with Crippen LogP contribution in [0, 0.1) is 0 Å². The molecule has 0 aliphatic carbocycles. The number of halogens is 6. The number of aliphatic hydroxyl groups excluding tert-OH is 1. The van der Waals surface area contributed by atoms with Crippen LogP contribution in [-0.2, 0) is 35.4 Å². The predicted molar refractivity (Wildman–Crippen MR) is 175 cm³/mol. The number of carbonyl (C=O) groups is 1. The Labute approximate surface area is 290 Å². The van der Waals surface area contributed by atoms with Crippen LogP contribution < -0.4 is 0 Å². The van der Waals surface area contributed by atoms with E-state index < -0.39 is 51.0 Å². The lowest BCUT2D eigenvalue weighted by molar-refractivity contribution is -0.143. The summed E-state index contributed by atoms with van der Waals surface area (Å²) in [4.78, 5) is 19.8. The molecule has 50 heavy (non-hydrogen) atoms. The molecule has 272 valence electrons. The van der Waals surface area contributed by atoms with Gasteiger partial charge in [0.05, 0.1) is 17.7 Å². The van der Waals surface area contributed by atoms with Crippen LogP contribution in [0.25, 0.3) is 0 Å². The average molecular weight is 745 g/mol. The first-order valence-corrected chi connectivity index (χ1v) is 18.8. The second-order valence-corrected chi connectivity index (χ2v) is 16.1. The number of thiophene rings is 1. The molecule has 3 aliphatic rings. The number of sulfonamides is 1. The van der Waals surface area contributed by atoms with Crippen LogP contribution in [0.15, 0.2) is 64.2 Å². The van der Waals surface area contributed by atoms with Gasteiger partial charge in [-0.2, -0.15) is 30.6 Å². The third-order valence-electron chi connectivity index (χ3n) is 10.1. The highest BCUT2D eigenvalue weighted by Gasteiger charge is 2.42. The van der Waals surface area contributed by atoms with Gasteiger partial charge in [-0.3, -0.25) is 14.6 Å². The molecule has 1 N–H and O–H groups in total. The first-order chi connectivity index (χ1) is 23.6. The normalized spacial score (nSPS) is 23.4. The lowest BCUT2D eigenvalue weighted by Gasteiger charge is -2.47. The summed E-state index contributed by atoms with van der Waals surface area (Å²) in [6, 6.07) is 11.6. The Morgan fingerprint density at radius 2 is 1.42 bits per heavy atom. The summed E-state index contributed by atoms with van der Waals surface area (Å²) in [6.07, 6.45) is -8.05. The van der Waals surface area contributed by atoms with Crippen LogP contribution in [0.4, 0.5) is 26.3 Å². The van der Waals surface area contributed by atoms with Gasteiger partial charge in [0, 0.05) is 75.1 Å². The van der Waals surface area contributed by atoms with E-state index >= 15 is 0 Å². The Morgan fingerprint density at radius 3 is 2.02 bits per heavy atom. The number of nitrogens with zero attached hydrogens (tertiary/aromatic N) is 4. The highest BCUT2D eigenvalue weighted by molar-refractivity contribution is 7.91. The second kappa shape index (κ2) is 14.5. The topological polar surface area (TPSA) is 84.4 Å². The van der Waals surface area contributed by atoms with E-state index in [2.05, 4.69) is 9.80 Å². The second-order valence-electron chi connectivity index (χ2n) is 13.1. The van der Waals surface area contributed by atoms with Crippen molar-refractivity contribution < 1.29 is 44.7 Å². The van der Waals surface area contributed by atoms with E-state index in [9.17, 15) is 44.7 Å². The number of benzene rings is 2. The highest BCUT2D eigenvalue weighted by atomic mass is 32.2. The van der Waals surface area contributed by atoms with E-state index in [1.807, 2.05) is 30.3 Å². The van der Waals surface area contributed by atoms with E-state index in [0.717, 1.165) is 16.9 Å². The number of piperazine rings is 1. The predicted octanol–water partition coefficient (Wildman–Crippen LogP) is 5.57. The minimum atomic E-state index is -5.06. The van der Waals surface area contributed by atoms with Crippen molar-refractivity contribution in [3.63, 3.8) is 0 Å². The third-order valence-corrected chi connectivity index (χ3v) is 13.5. The molecule has 0 radical (unpaired) electrons. The van der Waals surface area contributed by atoms with Crippen molar-refractivity contribution in [2.75, 3.05) is 45.8 Å². The Morgan fingerprint density at radius 1 is 0.820 bits per heavy atom. The fraction of sp³-hybridized carbons (Fsp3) is 0.500. The van der Waals surface area contributed by atoms with Crippen LogP contribution in [-0.4, -0.2) is 102 Å². The molecule has 0 spiro atoms. The molecule has 3 saturated heterocycles. The lowest BCUT2D eigenvalue weighted by Crippen LogP contribution is -2.58. The largest absolute Gasteiger partial charge is 0.416 e. The van der Waals surface area contributed by atoms with Gasteiger partial charge >= 0.3 is 12.4 Å². The molecule has 6 rings (SSSR count). The van der Waals surface area contributed by atoms with Gasteiger partial charge in [0.15, 0.2) is 0 Å². The van der Waals surface area contributed by atoms with Crippen LogP contribution >= 0.6 is 11.3 Å². The zero-order valence-corrected chi connectivity index (χ0v) is 28.7. The molecule has 2 aromatic carbocycles. The number of piperidine rings is 1. The molecule has 1 amide bonds. The highest BCUT2D eigenvalue weighted by Crippen LogP contribution is 2.38. The third kappa shape index (κ3) is 7.89. The van der Waals surface area contributed by atoms with Crippen LogP contribution in [0.2, 0.25) is 0 Å². The molecule has 3 aliphatic heterocycles. The van der Waals surface area contributed by atoms with Gasteiger partial charge in [-0.25, -0.2) is 8.42 Å². The molecule has 8 nitrogen and oxygen atoms in total. The van der Waals surface area contributed by atoms with Crippen molar-refractivity contribution in [3.8, 4) is 0 Å². The molecule has 1 unspecified atom stereocenters. The van der Waals surface area contributed by atoms with E-state index in [0.29, 0.717) is 82.6 Å². The van der Waals surface area contributed by atoms with Crippen LogP contribution in [0.5, 0.6) is 0 Å². The summed E-state index contributed by atoms with van der Waals surface area (Å²) in [5.41, 5.74) is -2.39. The van der Waals surface area contributed by atoms with Crippen LogP contribution in [0.1, 0.15) is 51.9 Å². The van der Waals surface area contributed by atoms with Gasteiger partial charge in [-0.15, -0.1) is 11.3 Å². The van der Waals surface area contributed by atoms with Crippen molar-refractivity contribution in [1.82, 2.24) is 19.0 Å². The smallest absolute Gasteiger partial charge is 0.392 e. The SMILES string of the molecule is O=C(c1cc(C(F)(F)F)cc(C(F)(F)F)c1)N1CC[C@H](N2CCN(C3CCN(S(=O)(=O)c4sccc4CO)C3)CC2)C[C@H]1Cc1ccccc1. The minimum Gasteiger partial charge on any atom is -0.392 e. The quantitative estimate of drug-likeness (QED) is 0.304. The van der Waals surface area contributed by atoms with Crippen molar-refractivity contribution in [2.45, 2.75) is 67.0 Å². The lowest BCUT2D eigenvalue weighted by atomic mass is 9.90. The van der Waals surface area contributed by atoms with E-state index in [4.69, 9.17) is 0 Å². The van der Waals surface area contributed by atoms with E-state index in [1.165, 1.54) is 9.21 Å². The maximum Gasteiger partial charge on any atom is 0.416 e. The summed E-state index contributed by atoms with van der Waals surface area (Å²) in [5.74, 6) is -0.861. The molecule has 0 saturated carbocycles. The number of hydrogen-bond donors (Lipinski definition) is 1. The molecule has 3 fully saturated rings. The summed E-state index contributed by atoms with van der Waals surface area (Å²) in [7, 11) is -3.71. The first kappa shape index (κ1) is 36.8. The zero-order chi connectivity index (χ0) is 35.8.